The lowest BCUT2D eigenvalue weighted by atomic mass is 10.2. The molecule has 1 aliphatic rings. The van der Waals surface area contributed by atoms with Crippen molar-refractivity contribution in [2.24, 2.45) is 0 Å². The molecular formula is C15H16N2S. The van der Waals surface area contributed by atoms with Crippen molar-refractivity contribution < 1.29 is 0 Å². The molecule has 0 amide bonds. The summed E-state index contributed by atoms with van der Waals surface area (Å²) in [6.07, 6.45) is 7.91. The molecule has 2 heterocycles. The molecule has 1 N–H and O–H groups in total. The SMILES string of the molecule is C(=C\c1nc2c(s1)CCCCN2)/c1ccccc1. The zero-order valence-electron chi connectivity index (χ0n) is 10.2. The Balaban J connectivity index is 1.79. The maximum Gasteiger partial charge on any atom is 0.140 e. The topological polar surface area (TPSA) is 24.9 Å². The number of nitrogens with one attached hydrogen (secondary N) is 1. The Labute approximate surface area is 111 Å². The number of aromatic nitrogens is 1. The van der Waals surface area contributed by atoms with Gasteiger partial charge in [0, 0.05) is 11.4 Å². The van der Waals surface area contributed by atoms with E-state index in [2.05, 4.69) is 46.7 Å². The summed E-state index contributed by atoms with van der Waals surface area (Å²) >= 11 is 1.81. The Hall–Kier alpha value is -1.61. The van der Waals surface area contributed by atoms with E-state index in [-0.39, 0.29) is 0 Å². The second-order valence-corrected chi connectivity index (χ2v) is 5.57. The predicted molar refractivity (Wildman–Crippen MR) is 78.9 cm³/mol. The van der Waals surface area contributed by atoms with Gasteiger partial charge in [-0.1, -0.05) is 36.4 Å². The predicted octanol–water partition coefficient (Wildman–Crippen LogP) is 4.06. The summed E-state index contributed by atoms with van der Waals surface area (Å²) in [6, 6.07) is 10.4. The fourth-order valence-electron chi connectivity index (χ4n) is 2.10. The number of rotatable bonds is 2. The summed E-state index contributed by atoms with van der Waals surface area (Å²) in [4.78, 5) is 6.05. The lowest BCUT2D eigenvalue weighted by Crippen LogP contribution is -1.99. The summed E-state index contributed by atoms with van der Waals surface area (Å²) in [5.41, 5.74) is 1.22. The number of fused-ring (bicyclic) bond motifs is 1. The molecule has 92 valence electrons. The second-order valence-electron chi connectivity index (χ2n) is 4.45. The minimum Gasteiger partial charge on any atom is -0.369 e. The van der Waals surface area contributed by atoms with Crippen molar-refractivity contribution in [2.45, 2.75) is 19.3 Å². The van der Waals surface area contributed by atoms with Gasteiger partial charge < -0.3 is 5.32 Å². The van der Waals surface area contributed by atoms with Crippen LogP contribution in [0.4, 0.5) is 5.82 Å². The van der Waals surface area contributed by atoms with E-state index in [1.54, 1.807) is 0 Å². The largest absolute Gasteiger partial charge is 0.369 e. The van der Waals surface area contributed by atoms with E-state index in [1.165, 1.54) is 29.7 Å². The van der Waals surface area contributed by atoms with Gasteiger partial charge in [0.05, 0.1) is 0 Å². The van der Waals surface area contributed by atoms with E-state index in [0.717, 1.165) is 17.4 Å². The normalized spacial score (nSPS) is 15.1. The zero-order valence-corrected chi connectivity index (χ0v) is 11.0. The number of thiazole rings is 1. The molecule has 0 saturated heterocycles. The molecule has 1 aromatic heterocycles. The molecule has 3 rings (SSSR count). The Kier molecular flexibility index (Phi) is 3.42. The third kappa shape index (κ3) is 2.62. The number of hydrogen-bond acceptors (Lipinski definition) is 3. The molecule has 1 aliphatic heterocycles. The minimum atomic E-state index is 1.05. The van der Waals surface area contributed by atoms with Crippen LogP contribution in [0.2, 0.25) is 0 Å². The fraction of sp³-hybridized carbons (Fsp3) is 0.267. The van der Waals surface area contributed by atoms with E-state index >= 15 is 0 Å². The lowest BCUT2D eigenvalue weighted by molar-refractivity contribution is 0.790. The fourth-order valence-corrected chi connectivity index (χ4v) is 3.08. The number of nitrogens with zero attached hydrogens (tertiary/aromatic N) is 1. The van der Waals surface area contributed by atoms with Crippen LogP contribution in [0.3, 0.4) is 0 Å². The van der Waals surface area contributed by atoms with Crippen LogP contribution in [0.25, 0.3) is 12.2 Å². The van der Waals surface area contributed by atoms with Gasteiger partial charge in [0.2, 0.25) is 0 Å². The van der Waals surface area contributed by atoms with Crippen molar-refractivity contribution >= 4 is 29.3 Å². The van der Waals surface area contributed by atoms with Gasteiger partial charge in [0.15, 0.2) is 0 Å². The Morgan fingerprint density at radius 2 is 2.00 bits per heavy atom. The average molecular weight is 256 g/mol. The monoisotopic (exact) mass is 256 g/mol. The molecule has 0 atom stereocenters. The van der Waals surface area contributed by atoms with Gasteiger partial charge in [-0.3, -0.25) is 0 Å². The van der Waals surface area contributed by atoms with Gasteiger partial charge in [-0.25, -0.2) is 4.98 Å². The van der Waals surface area contributed by atoms with Crippen LogP contribution in [0.1, 0.15) is 28.3 Å². The van der Waals surface area contributed by atoms with Crippen molar-refractivity contribution in [3.63, 3.8) is 0 Å². The van der Waals surface area contributed by atoms with E-state index in [1.807, 2.05) is 17.4 Å². The highest BCUT2D eigenvalue weighted by Gasteiger charge is 2.11. The smallest absolute Gasteiger partial charge is 0.140 e. The van der Waals surface area contributed by atoms with Crippen molar-refractivity contribution in [1.82, 2.24) is 4.98 Å². The molecule has 0 bridgehead atoms. The van der Waals surface area contributed by atoms with Gasteiger partial charge in [-0.05, 0) is 30.9 Å². The van der Waals surface area contributed by atoms with Crippen molar-refractivity contribution in [3.8, 4) is 0 Å². The van der Waals surface area contributed by atoms with Crippen LogP contribution in [-0.2, 0) is 6.42 Å². The Morgan fingerprint density at radius 1 is 1.11 bits per heavy atom. The number of anilines is 1. The van der Waals surface area contributed by atoms with E-state index in [9.17, 15) is 0 Å². The first-order valence-electron chi connectivity index (χ1n) is 6.38. The van der Waals surface area contributed by atoms with Crippen molar-refractivity contribution in [2.75, 3.05) is 11.9 Å². The van der Waals surface area contributed by atoms with Gasteiger partial charge in [0.25, 0.3) is 0 Å². The molecule has 3 heteroatoms. The molecule has 0 radical (unpaired) electrons. The van der Waals surface area contributed by atoms with E-state index in [4.69, 9.17) is 0 Å². The van der Waals surface area contributed by atoms with Crippen LogP contribution in [0, 0.1) is 0 Å². The summed E-state index contributed by atoms with van der Waals surface area (Å²) in [5, 5.41) is 4.50. The maximum atomic E-state index is 4.65. The van der Waals surface area contributed by atoms with Gasteiger partial charge in [-0.15, -0.1) is 11.3 Å². The molecule has 0 unspecified atom stereocenters. The van der Waals surface area contributed by atoms with Gasteiger partial charge >= 0.3 is 0 Å². The summed E-state index contributed by atoms with van der Waals surface area (Å²) in [7, 11) is 0. The van der Waals surface area contributed by atoms with Crippen LogP contribution in [0.5, 0.6) is 0 Å². The summed E-state index contributed by atoms with van der Waals surface area (Å²) in [6.45, 7) is 1.05. The lowest BCUT2D eigenvalue weighted by Gasteiger charge is -1.96. The third-order valence-corrected chi connectivity index (χ3v) is 4.14. The zero-order chi connectivity index (χ0) is 12.2. The molecule has 18 heavy (non-hydrogen) atoms. The molecule has 2 aromatic rings. The van der Waals surface area contributed by atoms with Crippen LogP contribution >= 0.6 is 11.3 Å². The first-order valence-corrected chi connectivity index (χ1v) is 7.20. The molecular weight excluding hydrogens is 240 g/mol. The van der Waals surface area contributed by atoms with Crippen LogP contribution < -0.4 is 5.32 Å². The Morgan fingerprint density at radius 3 is 2.89 bits per heavy atom. The minimum absolute atomic E-state index is 1.05. The standard InChI is InChI=1S/C15H16N2S/c1-2-6-12(7-3-1)9-10-14-17-15-13(18-14)8-4-5-11-16-15/h1-3,6-7,9-10,16H,4-5,8,11H2/b10-9+. The molecule has 0 fully saturated rings. The van der Waals surface area contributed by atoms with Crippen LogP contribution in [0.15, 0.2) is 30.3 Å². The molecule has 2 nitrogen and oxygen atoms in total. The van der Waals surface area contributed by atoms with E-state index < -0.39 is 0 Å². The van der Waals surface area contributed by atoms with Crippen LogP contribution in [-0.4, -0.2) is 11.5 Å². The third-order valence-electron chi connectivity index (χ3n) is 3.05. The quantitative estimate of drug-likeness (QED) is 0.876. The van der Waals surface area contributed by atoms with E-state index in [0.29, 0.717) is 0 Å². The Bertz CT molecular complexity index is 519. The molecule has 0 aliphatic carbocycles. The number of benzene rings is 1. The summed E-state index contributed by atoms with van der Waals surface area (Å²) in [5.74, 6) is 1.10. The van der Waals surface area contributed by atoms with Gasteiger partial charge in [0.1, 0.15) is 10.8 Å². The summed E-state index contributed by atoms with van der Waals surface area (Å²) < 4.78 is 0. The molecule has 1 aromatic carbocycles. The van der Waals surface area contributed by atoms with Crippen molar-refractivity contribution in [1.29, 1.82) is 0 Å². The highest BCUT2D eigenvalue weighted by atomic mass is 32.1. The molecule has 0 spiro atoms. The first kappa shape index (κ1) is 11.5. The highest BCUT2D eigenvalue weighted by molar-refractivity contribution is 7.13. The number of hydrogen-bond donors (Lipinski definition) is 1. The van der Waals surface area contributed by atoms with Gasteiger partial charge in [-0.2, -0.15) is 0 Å². The highest BCUT2D eigenvalue weighted by Crippen LogP contribution is 2.28. The number of aryl methyl sites for hydroxylation is 1. The first-order chi connectivity index (χ1) is 8.92. The average Bonchev–Trinajstić information content (AvgIpc) is 2.68. The molecule has 0 saturated carbocycles. The second kappa shape index (κ2) is 5.36. The van der Waals surface area contributed by atoms with Crippen molar-refractivity contribution in [3.05, 3.63) is 45.8 Å². The maximum absolute atomic E-state index is 4.65.